The molecule has 0 unspecified atom stereocenters. The molecule has 3 nitrogen and oxygen atoms in total. The van der Waals surface area contributed by atoms with Crippen molar-refractivity contribution in [2.24, 2.45) is 0 Å². The Bertz CT molecular complexity index is 387. The van der Waals surface area contributed by atoms with Crippen LogP contribution in [-0.4, -0.2) is 28.4 Å². The van der Waals surface area contributed by atoms with Crippen LogP contribution in [0.2, 0.25) is 0 Å². The van der Waals surface area contributed by atoms with Crippen molar-refractivity contribution in [1.82, 2.24) is 9.88 Å². The van der Waals surface area contributed by atoms with E-state index in [9.17, 15) is 4.79 Å². The van der Waals surface area contributed by atoms with Crippen LogP contribution in [0.25, 0.3) is 0 Å². The van der Waals surface area contributed by atoms with E-state index in [1.165, 1.54) is 0 Å². The standard InChI is InChI=1S/C13H17BrN2O/c1-2-3-8-16(11-5-6-11)13(17)10-4-7-12(14)15-9-10/h4,7,9,11H,2-3,5-6,8H2,1H3. The van der Waals surface area contributed by atoms with Crippen LogP contribution in [0.4, 0.5) is 0 Å². The first kappa shape index (κ1) is 12.6. The normalized spacial score (nSPS) is 14.7. The molecule has 1 fully saturated rings. The number of amides is 1. The van der Waals surface area contributed by atoms with E-state index in [2.05, 4.69) is 27.8 Å². The Morgan fingerprint density at radius 2 is 2.29 bits per heavy atom. The van der Waals surface area contributed by atoms with Gasteiger partial charge in [-0.25, -0.2) is 4.98 Å². The van der Waals surface area contributed by atoms with Crippen LogP contribution in [0.3, 0.4) is 0 Å². The van der Waals surface area contributed by atoms with Crippen LogP contribution in [0, 0.1) is 0 Å². The summed E-state index contributed by atoms with van der Waals surface area (Å²) in [6, 6.07) is 4.12. The summed E-state index contributed by atoms with van der Waals surface area (Å²) in [4.78, 5) is 18.4. The van der Waals surface area contributed by atoms with Gasteiger partial charge in [-0.05, 0) is 47.3 Å². The van der Waals surface area contributed by atoms with E-state index in [1.807, 2.05) is 17.0 Å². The lowest BCUT2D eigenvalue weighted by Gasteiger charge is -2.22. The minimum atomic E-state index is 0.126. The van der Waals surface area contributed by atoms with Gasteiger partial charge < -0.3 is 4.90 Å². The number of aromatic nitrogens is 1. The van der Waals surface area contributed by atoms with Gasteiger partial charge in [0.05, 0.1) is 5.56 Å². The number of hydrogen-bond acceptors (Lipinski definition) is 2. The first-order valence-corrected chi connectivity index (χ1v) is 6.94. The Morgan fingerprint density at radius 1 is 1.53 bits per heavy atom. The highest BCUT2D eigenvalue weighted by Gasteiger charge is 2.32. The maximum atomic E-state index is 12.3. The lowest BCUT2D eigenvalue weighted by molar-refractivity contribution is 0.0740. The van der Waals surface area contributed by atoms with E-state index >= 15 is 0 Å². The number of unbranched alkanes of at least 4 members (excludes halogenated alkanes) is 1. The first-order chi connectivity index (χ1) is 8.22. The summed E-state index contributed by atoms with van der Waals surface area (Å²) >= 11 is 3.28. The second-order valence-corrected chi connectivity index (χ2v) is 5.27. The lowest BCUT2D eigenvalue weighted by atomic mass is 10.2. The molecule has 0 radical (unpaired) electrons. The molecule has 0 spiro atoms. The van der Waals surface area contributed by atoms with E-state index in [0.717, 1.165) is 36.8 Å². The van der Waals surface area contributed by atoms with Crippen molar-refractivity contribution >= 4 is 21.8 Å². The fourth-order valence-corrected chi connectivity index (χ4v) is 2.07. The van der Waals surface area contributed by atoms with Gasteiger partial charge in [0.1, 0.15) is 4.60 Å². The summed E-state index contributed by atoms with van der Waals surface area (Å²) < 4.78 is 0.764. The highest BCUT2D eigenvalue weighted by molar-refractivity contribution is 9.10. The lowest BCUT2D eigenvalue weighted by Crippen LogP contribution is -2.34. The number of halogens is 1. The smallest absolute Gasteiger partial charge is 0.255 e. The molecule has 0 atom stereocenters. The third-order valence-electron chi connectivity index (χ3n) is 2.98. The van der Waals surface area contributed by atoms with Crippen molar-refractivity contribution in [2.75, 3.05) is 6.54 Å². The molecule has 0 aromatic carbocycles. The Hall–Kier alpha value is -0.900. The number of carbonyl (C=O) groups is 1. The quantitative estimate of drug-likeness (QED) is 0.782. The van der Waals surface area contributed by atoms with Crippen LogP contribution in [-0.2, 0) is 0 Å². The average molecular weight is 297 g/mol. The van der Waals surface area contributed by atoms with E-state index in [0.29, 0.717) is 11.6 Å². The molecular weight excluding hydrogens is 280 g/mol. The molecule has 1 amide bonds. The van der Waals surface area contributed by atoms with E-state index in [-0.39, 0.29) is 5.91 Å². The Labute approximate surface area is 110 Å². The molecule has 1 heterocycles. The molecule has 4 heteroatoms. The van der Waals surface area contributed by atoms with Crippen molar-refractivity contribution in [2.45, 2.75) is 38.6 Å². The molecule has 1 aliphatic rings. The van der Waals surface area contributed by atoms with Crippen LogP contribution in [0.1, 0.15) is 43.0 Å². The number of rotatable bonds is 5. The third kappa shape index (κ3) is 3.28. The zero-order chi connectivity index (χ0) is 12.3. The number of pyridine rings is 1. The largest absolute Gasteiger partial charge is 0.336 e. The van der Waals surface area contributed by atoms with Crippen molar-refractivity contribution < 1.29 is 4.79 Å². The highest BCUT2D eigenvalue weighted by atomic mass is 79.9. The van der Waals surface area contributed by atoms with Crippen molar-refractivity contribution in [1.29, 1.82) is 0 Å². The van der Waals surface area contributed by atoms with Crippen LogP contribution < -0.4 is 0 Å². The highest BCUT2D eigenvalue weighted by Crippen LogP contribution is 2.28. The SMILES string of the molecule is CCCCN(C(=O)c1ccc(Br)nc1)C1CC1. The Kier molecular flexibility index (Phi) is 4.15. The number of nitrogens with zero attached hydrogens (tertiary/aromatic N) is 2. The molecule has 0 N–H and O–H groups in total. The Balaban J connectivity index is 2.07. The van der Waals surface area contributed by atoms with E-state index in [4.69, 9.17) is 0 Å². The molecule has 2 rings (SSSR count). The minimum Gasteiger partial charge on any atom is -0.336 e. The predicted octanol–water partition coefficient (Wildman–Crippen LogP) is 3.25. The van der Waals surface area contributed by atoms with Gasteiger partial charge in [-0.2, -0.15) is 0 Å². The van der Waals surface area contributed by atoms with Gasteiger partial charge in [0.2, 0.25) is 0 Å². The summed E-state index contributed by atoms with van der Waals surface area (Å²) in [7, 11) is 0. The molecular formula is C13H17BrN2O. The fourth-order valence-electron chi connectivity index (χ4n) is 1.83. The van der Waals surface area contributed by atoms with Gasteiger partial charge in [-0.3, -0.25) is 4.79 Å². The average Bonchev–Trinajstić information content (AvgIpc) is 3.14. The molecule has 17 heavy (non-hydrogen) atoms. The molecule has 92 valence electrons. The fraction of sp³-hybridized carbons (Fsp3) is 0.538. The van der Waals surface area contributed by atoms with Gasteiger partial charge in [0.15, 0.2) is 0 Å². The van der Waals surface area contributed by atoms with Crippen LogP contribution >= 0.6 is 15.9 Å². The molecule has 0 aliphatic heterocycles. The van der Waals surface area contributed by atoms with Gasteiger partial charge in [-0.15, -0.1) is 0 Å². The summed E-state index contributed by atoms with van der Waals surface area (Å²) in [6.45, 7) is 3.02. The second kappa shape index (κ2) is 5.63. The van der Waals surface area contributed by atoms with Crippen molar-refractivity contribution in [3.63, 3.8) is 0 Å². The van der Waals surface area contributed by atoms with Crippen LogP contribution in [0.15, 0.2) is 22.9 Å². The second-order valence-electron chi connectivity index (χ2n) is 4.45. The topological polar surface area (TPSA) is 33.2 Å². The summed E-state index contributed by atoms with van der Waals surface area (Å²) in [5.74, 6) is 0.126. The van der Waals surface area contributed by atoms with Gasteiger partial charge in [-0.1, -0.05) is 13.3 Å². The van der Waals surface area contributed by atoms with Gasteiger partial charge >= 0.3 is 0 Å². The van der Waals surface area contributed by atoms with E-state index in [1.54, 1.807) is 6.20 Å². The van der Waals surface area contributed by atoms with Gasteiger partial charge in [0, 0.05) is 18.8 Å². The Morgan fingerprint density at radius 3 is 2.82 bits per heavy atom. The molecule has 1 saturated carbocycles. The summed E-state index contributed by atoms with van der Waals surface area (Å²) in [5.41, 5.74) is 0.691. The minimum absolute atomic E-state index is 0.126. The molecule has 0 bridgehead atoms. The molecule has 1 aromatic heterocycles. The molecule has 1 aliphatic carbocycles. The van der Waals surface area contributed by atoms with Gasteiger partial charge in [0.25, 0.3) is 5.91 Å². The first-order valence-electron chi connectivity index (χ1n) is 6.15. The summed E-state index contributed by atoms with van der Waals surface area (Å²) in [6.07, 6.45) is 6.15. The number of hydrogen-bond donors (Lipinski definition) is 0. The number of carbonyl (C=O) groups excluding carboxylic acids is 1. The molecule has 0 saturated heterocycles. The third-order valence-corrected chi connectivity index (χ3v) is 3.44. The summed E-state index contributed by atoms with van der Waals surface area (Å²) in [5, 5.41) is 0. The monoisotopic (exact) mass is 296 g/mol. The van der Waals surface area contributed by atoms with E-state index < -0.39 is 0 Å². The van der Waals surface area contributed by atoms with Crippen molar-refractivity contribution in [3.8, 4) is 0 Å². The molecule has 1 aromatic rings. The zero-order valence-electron chi connectivity index (χ0n) is 10.0. The maximum absolute atomic E-state index is 12.3. The van der Waals surface area contributed by atoms with Crippen molar-refractivity contribution in [3.05, 3.63) is 28.5 Å². The maximum Gasteiger partial charge on any atom is 0.255 e. The van der Waals surface area contributed by atoms with Crippen LogP contribution in [0.5, 0.6) is 0 Å². The zero-order valence-corrected chi connectivity index (χ0v) is 11.6. The predicted molar refractivity (Wildman–Crippen MR) is 70.9 cm³/mol.